The number of rotatable bonds is 4. The molecule has 0 radical (unpaired) electrons. The van der Waals surface area contributed by atoms with Crippen molar-refractivity contribution in [2.75, 3.05) is 19.0 Å². The molecule has 5 heteroatoms. The highest BCUT2D eigenvalue weighted by Gasteiger charge is 2.12. The monoisotopic (exact) mass is 209 g/mol. The van der Waals surface area contributed by atoms with Crippen LogP contribution in [0.3, 0.4) is 0 Å². The number of para-hydroxylation sites is 2. The van der Waals surface area contributed by atoms with Crippen molar-refractivity contribution in [1.82, 2.24) is 0 Å². The van der Waals surface area contributed by atoms with Gasteiger partial charge < -0.3 is 21.5 Å². The number of ether oxygens (including phenoxy) is 1. The molecule has 5 N–H and O–H groups in total. The summed E-state index contributed by atoms with van der Waals surface area (Å²) in [5, 5.41) is 2.64. The van der Waals surface area contributed by atoms with Crippen LogP contribution in [-0.4, -0.2) is 25.6 Å². The molecule has 82 valence electrons. The number of hydrogen-bond acceptors (Lipinski definition) is 4. The number of benzene rings is 1. The maximum absolute atomic E-state index is 11.4. The topological polar surface area (TPSA) is 90.4 Å². The highest BCUT2D eigenvalue weighted by atomic mass is 16.5. The largest absolute Gasteiger partial charge is 0.495 e. The molecule has 0 bridgehead atoms. The molecule has 1 atom stereocenters. The Hall–Kier alpha value is -1.59. The van der Waals surface area contributed by atoms with Crippen LogP contribution in [0, 0.1) is 0 Å². The molecule has 0 heterocycles. The quantitative estimate of drug-likeness (QED) is 0.647. The lowest BCUT2D eigenvalue weighted by Crippen LogP contribution is -2.41. The summed E-state index contributed by atoms with van der Waals surface area (Å²) in [6.45, 7) is 0.112. The number of nitrogens with two attached hydrogens (primary N) is 2. The van der Waals surface area contributed by atoms with Crippen LogP contribution in [0.5, 0.6) is 5.75 Å². The predicted molar refractivity (Wildman–Crippen MR) is 58.7 cm³/mol. The number of amides is 1. The van der Waals surface area contributed by atoms with Crippen molar-refractivity contribution in [1.29, 1.82) is 0 Å². The molecular formula is C10H15N3O2. The van der Waals surface area contributed by atoms with E-state index in [0.717, 1.165) is 0 Å². The van der Waals surface area contributed by atoms with Gasteiger partial charge in [0.1, 0.15) is 5.75 Å². The highest BCUT2D eigenvalue weighted by molar-refractivity contribution is 5.96. The van der Waals surface area contributed by atoms with Crippen LogP contribution in [0.1, 0.15) is 0 Å². The Morgan fingerprint density at radius 3 is 2.80 bits per heavy atom. The Morgan fingerprint density at radius 1 is 1.53 bits per heavy atom. The van der Waals surface area contributed by atoms with Crippen LogP contribution in [0.2, 0.25) is 0 Å². The van der Waals surface area contributed by atoms with Crippen LogP contribution in [-0.2, 0) is 4.79 Å². The van der Waals surface area contributed by atoms with Gasteiger partial charge in [0.25, 0.3) is 0 Å². The molecule has 1 amide bonds. The number of carbonyl (C=O) groups excluding carboxylic acids is 1. The minimum absolute atomic E-state index is 0.112. The first-order chi connectivity index (χ1) is 7.19. The zero-order valence-electron chi connectivity index (χ0n) is 8.57. The van der Waals surface area contributed by atoms with Gasteiger partial charge in [0.2, 0.25) is 5.91 Å². The van der Waals surface area contributed by atoms with E-state index in [4.69, 9.17) is 16.2 Å². The van der Waals surface area contributed by atoms with E-state index in [0.29, 0.717) is 11.4 Å². The third-order valence-electron chi connectivity index (χ3n) is 1.96. The van der Waals surface area contributed by atoms with Gasteiger partial charge in [0.15, 0.2) is 0 Å². The van der Waals surface area contributed by atoms with E-state index in [1.54, 1.807) is 18.2 Å². The molecule has 0 aromatic heterocycles. The molecule has 0 aliphatic heterocycles. The van der Waals surface area contributed by atoms with Gasteiger partial charge in [-0.1, -0.05) is 12.1 Å². The molecule has 0 spiro atoms. The van der Waals surface area contributed by atoms with Crippen LogP contribution in [0.15, 0.2) is 24.3 Å². The van der Waals surface area contributed by atoms with E-state index >= 15 is 0 Å². The summed E-state index contributed by atoms with van der Waals surface area (Å²) in [4.78, 5) is 11.4. The van der Waals surface area contributed by atoms with Crippen molar-refractivity contribution in [3.05, 3.63) is 24.3 Å². The average Bonchev–Trinajstić information content (AvgIpc) is 2.28. The van der Waals surface area contributed by atoms with Crippen molar-refractivity contribution in [3.63, 3.8) is 0 Å². The Bertz CT molecular complexity index is 341. The molecule has 0 saturated carbocycles. The lowest BCUT2D eigenvalue weighted by Gasteiger charge is -2.12. The number of methoxy groups -OCH3 is 1. The van der Waals surface area contributed by atoms with E-state index in [9.17, 15) is 4.79 Å². The van der Waals surface area contributed by atoms with E-state index in [1.165, 1.54) is 7.11 Å². The van der Waals surface area contributed by atoms with Crippen molar-refractivity contribution in [2.45, 2.75) is 6.04 Å². The summed E-state index contributed by atoms with van der Waals surface area (Å²) < 4.78 is 5.07. The molecule has 0 aliphatic carbocycles. The van der Waals surface area contributed by atoms with E-state index in [-0.39, 0.29) is 12.5 Å². The maximum atomic E-state index is 11.4. The van der Waals surface area contributed by atoms with Crippen LogP contribution >= 0.6 is 0 Å². The fraction of sp³-hybridized carbons (Fsp3) is 0.300. The minimum atomic E-state index is -0.699. The number of hydrogen-bond donors (Lipinski definition) is 3. The van der Waals surface area contributed by atoms with Gasteiger partial charge in [-0.25, -0.2) is 0 Å². The normalized spacial score (nSPS) is 11.9. The third kappa shape index (κ3) is 2.93. The predicted octanol–water partition coefficient (Wildman–Crippen LogP) is -0.0803. The standard InChI is InChI=1S/C10H15N3O2/c1-15-9-5-3-2-4-8(9)13-10(14)7(12)6-11/h2-5,7H,6,11-12H2,1H3,(H,13,14)/t7-/m1/s1. The summed E-state index contributed by atoms with van der Waals surface area (Å²) in [5.41, 5.74) is 11.3. The van der Waals surface area contributed by atoms with Gasteiger partial charge in [0, 0.05) is 6.54 Å². The van der Waals surface area contributed by atoms with E-state index < -0.39 is 6.04 Å². The molecule has 15 heavy (non-hydrogen) atoms. The van der Waals surface area contributed by atoms with Gasteiger partial charge in [-0.05, 0) is 12.1 Å². The van der Waals surface area contributed by atoms with Gasteiger partial charge in [-0.2, -0.15) is 0 Å². The first kappa shape index (κ1) is 11.5. The second-order valence-electron chi connectivity index (χ2n) is 3.03. The fourth-order valence-electron chi connectivity index (χ4n) is 1.08. The zero-order valence-corrected chi connectivity index (χ0v) is 8.57. The van der Waals surface area contributed by atoms with Crippen molar-refractivity contribution < 1.29 is 9.53 Å². The zero-order chi connectivity index (χ0) is 11.3. The average molecular weight is 209 g/mol. The van der Waals surface area contributed by atoms with E-state index in [2.05, 4.69) is 5.32 Å². The van der Waals surface area contributed by atoms with Gasteiger partial charge in [0.05, 0.1) is 18.8 Å². The van der Waals surface area contributed by atoms with Crippen LogP contribution in [0.4, 0.5) is 5.69 Å². The molecule has 5 nitrogen and oxygen atoms in total. The summed E-state index contributed by atoms with van der Waals surface area (Å²) in [7, 11) is 1.54. The lowest BCUT2D eigenvalue weighted by molar-refractivity contribution is -0.117. The Morgan fingerprint density at radius 2 is 2.20 bits per heavy atom. The lowest BCUT2D eigenvalue weighted by atomic mass is 10.2. The first-order valence-electron chi connectivity index (χ1n) is 4.58. The summed E-state index contributed by atoms with van der Waals surface area (Å²) >= 11 is 0. The first-order valence-corrected chi connectivity index (χ1v) is 4.58. The minimum Gasteiger partial charge on any atom is -0.495 e. The van der Waals surface area contributed by atoms with Crippen molar-refractivity contribution in [2.24, 2.45) is 11.5 Å². The number of carbonyl (C=O) groups is 1. The second-order valence-corrected chi connectivity index (χ2v) is 3.03. The van der Waals surface area contributed by atoms with Crippen molar-refractivity contribution in [3.8, 4) is 5.75 Å². The van der Waals surface area contributed by atoms with Gasteiger partial charge in [-0.15, -0.1) is 0 Å². The SMILES string of the molecule is COc1ccccc1NC(=O)[C@H](N)CN. The molecule has 1 aromatic carbocycles. The smallest absolute Gasteiger partial charge is 0.242 e. The van der Waals surface area contributed by atoms with Gasteiger partial charge >= 0.3 is 0 Å². The number of nitrogens with one attached hydrogen (secondary N) is 1. The summed E-state index contributed by atoms with van der Waals surface area (Å²) in [6, 6.07) is 6.41. The molecule has 0 aliphatic rings. The van der Waals surface area contributed by atoms with E-state index in [1.807, 2.05) is 6.07 Å². The number of anilines is 1. The Labute approximate surface area is 88.4 Å². The fourth-order valence-corrected chi connectivity index (χ4v) is 1.08. The summed E-state index contributed by atoms with van der Waals surface area (Å²) in [5.74, 6) is 0.275. The molecule has 0 saturated heterocycles. The van der Waals surface area contributed by atoms with Crippen LogP contribution < -0.4 is 21.5 Å². The molecule has 0 fully saturated rings. The highest BCUT2D eigenvalue weighted by Crippen LogP contribution is 2.22. The third-order valence-corrected chi connectivity index (χ3v) is 1.96. The molecule has 0 unspecified atom stereocenters. The van der Waals surface area contributed by atoms with Crippen LogP contribution in [0.25, 0.3) is 0 Å². The molecule has 1 aromatic rings. The summed E-state index contributed by atoms with van der Waals surface area (Å²) in [6.07, 6.45) is 0. The maximum Gasteiger partial charge on any atom is 0.242 e. The van der Waals surface area contributed by atoms with Gasteiger partial charge in [-0.3, -0.25) is 4.79 Å². The van der Waals surface area contributed by atoms with Crippen molar-refractivity contribution >= 4 is 11.6 Å². The molecule has 1 rings (SSSR count). The Kier molecular flexibility index (Phi) is 4.08. The molecular weight excluding hydrogens is 194 g/mol. The second kappa shape index (κ2) is 5.33. The Balaban J connectivity index is 2.76.